The van der Waals surface area contributed by atoms with Crippen LogP contribution >= 0.6 is 11.6 Å². The first kappa shape index (κ1) is 12.1. The molecule has 0 aromatic heterocycles. The van der Waals surface area contributed by atoms with Gasteiger partial charge in [0, 0.05) is 30.7 Å². The van der Waals surface area contributed by atoms with Crippen molar-refractivity contribution in [3.63, 3.8) is 0 Å². The van der Waals surface area contributed by atoms with Crippen molar-refractivity contribution in [2.45, 2.75) is 0 Å². The third-order valence-electron chi connectivity index (χ3n) is 3.56. The van der Waals surface area contributed by atoms with Crippen molar-refractivity contribution in [1.29, 1.82) is 0 Å². The van der Waals surface area contributed by atoms with Crippen LogP contribution in [0.2, 0.25) is 5.02 Å². The third kappa shape index (κ3) is 2.28. The van der Waals surface area contributed by atoms with Crippen molar-refractivity contribution in [2.75, 3.05) is 45.2 Å². The molecule has 0 saturated carbocycles. The van der Waals surface area contributed by atoms with Crippen LogP contribution in [0.1, 0.15) is 0 Å². The molecule has 0 unspecified atom stereocenters. The summed E-state index contributed by atoms with van der Waals surface area (Å²) in [5.74, 6) is 0.702. The minimum atomic E-state index is 0.471. The van der Waals surface area contributed by atoms with Gasteiger partial charge in [-0.05, 0) is 18.2 Å². The molecule has 2 fully saturated rings. The summed E-state index contributed by atoms with van der Waals surface area (Å²) in [5, 5.41) is 0.572. The maximum absolute atomic E-state index is 6.03. The van der Waals surface area contributed by atoms with E-state index in [1.807, 2.05) is 6.07 Å². The van der Waals surface area contributed by atoms with Gasteiger partial charge in [0.15, 0.2) is 0 Å². The number of hydrogen-bond acceptors (Lipinski definition) is 4. The van der Waals surface area contributed by atoms with Gasteiger partial charge in [-0.3, -0.25) is 4.90 Å². The summed E-state index contributed by atoms with van der Waals surface area (Å²) in [4.78, 5) is 2.38. The summed E-state index contributed by atoms with van der Waals surface area (Å²) < 4.78 is 10.9. The molecule has 2 aliphatic rings. The van der Waals surface area contributed by atoms with Gasteiger partial charge in [0.1, 0.15) is 12.4 Å². The second-order valence-electron chi connectivity index (χ2n) is 5.24. The molecule has 18 heavy (non-hydrogen) atoms. The van der Waals surface area contributed by atoms with Crippen molar-refractivity contribution < 1.29 is 9.47 Å². The van der Waals surface area contributed by atoms with Gasteiger partial charge in [-0.15, -0.1) is 0 Å². The highest BCUT2D eigenvalue weighted by Gasteiger charge is 2.48. The number of benzene rings is 1. The van der Waals surface area contributed by atoms with E-state index < -0.39 is 0 Å². The number of nitrogens with two attached hydrogens (primary N) is 1. The quantitative estimate of drug-likeness (QED) is 0.844. The van der Waals surface area contributed by atoms with E-state index in [0.29, 0.717) is 28.5 Å². The lowest BCUT2D eigenvalue weighted by Gasteiger charge is -2.55. The second-order valence-corrected chi connectivity index (χ2v) is 5.65. The summed E-state index contributed by atoms with van der Waals surface area (Å²) in [5.41, 5.74) is 6.75. The normalized spacial score (nSPS) is 21.4. The molecule has 1 spiro atoms. The SMILES string of the molecule is Nc1ccc(OCCN2CC3(COC3)C2)c(Cl)c1. The summed E-state index contributed by atoms with van der Waals surface area (Å²) in [6.45, 7) is 5.70. The first-order chi connectivity index (χ1) is 8.67. The Morgan fingerprint density at radius 3 is 2.78 bits per heavy atom. The first-order valence-electron chi connectivity index (χ1n) is 6.15. The Balaban J connectivity index is 1.42. The van der Waals surface area contributed by atoms with Crippen LogP contribution < -0.4 is 10.5 Å². The Kier molecular flexibility index (Phi) is 3.09. The van der Waals surface area contributed by atoms with E-state index in [9.17, 15) is 0 Å². The largest absolute Gasteiger partial charge is 0.491 e. The molecular formula is C13H17ClN2O2. The number of anilines is 1. The van der Waals surface area contributed by atoms with E-state index >= 15 is 0 Å². The van der Waals surface area contributed by atoms with Gasteiger partial charge in [0.2, 0.25) is 0 Å². The van der Waals surface area contributed by atoms with Gasteiger partial charge in [-0.1, -0.05) is 11.6 Å². The fourth-order valence-electron chi connectivity index (χ4n) is 2.55. The molecule has 2 heterocycles. The maximum Gasteiger partial charge on any atom is 0.138 e. The molecule has 0 bridgehead atoms. The molecule has 1 aromatic carbocycles. The minimum Gasteiger partial charge on any atom is -0.491 e. The highest BCUT2D eigenvalue weighted by molar-refractivity contribution is 6.32. The van der Waals surface area contributed by atoms with Crippen molar-refractivity contribution in [1.82, 2.24) is 4.90 Å². The lowest BCUT2D eigenvalue weighted by atomic mass is 9.78. The van der Waals surface area contributed by atoms with E-state index in [4.69, 9.17) is 26.8 Å². The first-order valence-corrected chi connectivity index (χ1v) is 6.53. The zero-order chi connectivity index (χ0) is 12.6. The molecule has 2 N–H and O–H groups in total. The smallest absolute Gasteiger partial charge is 0.138 e. The van der Waals surface area contributed by atoms with E-state index in [2.05, 4.69) is 4.90 Å². The van der Waals surface area contributed by atoms with Crippen LogP contribution in [0.4, 0.5) is 5.69 Å². The van der Waals surface area contributed by atoms with Crippen molar-refractivity contribution in [2.24, 2.45) is 5.41 Å². The van der Waals surface area contributed by atoms with Gasteiger partial charge in [-0.25, -0.2) is 0 Å². The molecule has 3 rings (SSSR count). The molecule has 5 heteroatoms. The molecule has 1 aromatic rings. The van der Waals surface area contributed by atoms with Crippen LogP contribution in [-0.2, 0) is 4.74 Å². The number of hydrogen-bond donors (Lipinski definition) is 1. The average Bonchev–Trinajstić information content (AvgIpc) is 2.21. The Hall–Kier alpha value is -0.970. The molecule has 2 aliphatic heterocycles. The van der Waals surface area contributed by atoms with E-state index in [-0.39, 0.29) is 0 Å². The van der Waals surface area contributed by atoms with Gasteiger partial charge in [0.05, 0.1) is 18.2 Å². The standard InChI is InChI=1S/C13H17ClN2O2/c14-11-5-10(15)1-2-12(11)18-4-3-16-6-13(7-16)8-17-9-13/h1-2,5H,3-4,6-9,15H2. The van der Waals surface area contributed by atoms with Gasteiger partial charge < -0.3 is 15.2 Å². The molecular weight excluding hydrogens is 252 g/mol. The number of halogens is 1. The average molecular weight is 269 g/mol. The Morgan fingerprint density at radius 1 is 1.39 bits per heavy atom. The molecule has 0 atom stereocenters. The van der Waals surface area contributed by atoms with Crippen molar-refractivity contribution in [3.8, 4) is 5.75 Å². The summed E-state index contributed by atoms with van der Waals surface area (Å²) in [6, 6.07) is 5.32. The van der Waals surface area contributed by atoms with Crippen LogP contribution in [0.3, 0.4) is 0 Å². The zero-order valence-corrected chi connectivity index (χ0v) is 10.9. The second kappa shape index (κ2) is 4.61. The molecule has 0 aliphatic carbocycles. The Bertz CT molecular complexity index is 441. The Labute approximate surface area is 112 Å². The molecule has 0 amide bonds. The number of ether oxygens (including phenoxy) is 2. The van der Waals surface area contributed by atoms with E-state index in [1.54, 1.807) is 12.1 Å². The summed E-state index contributed by atoms with van der Waals surface area (Å²) in [7, 11) is 0. The van der Waals surface area contributed by atoms with E-state index in [0.717, 1.165) is 32.8 Å². The topological polar surface area (TPSA) is 47.7 Å². The molecule has 0 radical (unpaired) electrons. The Morgan fingerprint density at radius 2 is 2.17 bits per heavy atom. The predicted octanol–water partition coefficient (Wildman–Crippen LogP) is 1.63. The highest BCUT2D eigenvalue weighted by atomic mass is 35.5. The van der Waals surface area contributed by atoms with Gasteiger partial charge in [-0.2, -0.15) is 0 Å². The van der Waals surface area contributed by atoms with E-state index in [1.165, 1.54) is 0 Å². The van der Waals surface area contributed by atoms with Crippen LogP contribution in [-0.4, -0.2) is 44.4 Å². The number of likely N-dealkylation sites (tertiary alicyclic amines) is 1. The maximum atomic E-state index is 6.03. The lowest BCUT2D eigenvalue weighted by molar-refractivity contribution is -0.189. The number of rotatable bonds is 4. The lowest BCUT2D eigenvalue weighted by Crippen LogP contribution is -2.66. The monoisotopic (exact) mass is 268 g/mol. The third-order valence-corrected chi connectivity index (χ3v) is 3.85. The van der Waals surface area contributed by atoms with Gasteiger partial charge in [0.25, 0.3) is 0 Å². The molecule has 4 nitrogen and oxygen atoms in total. The summed E-state index contributed by atoms with van der Waals surface area (Å²) >= 11 is 6.03. The minimum absolute atomic E-state index is 0.471. The summed E-state index contributed by atoms with van der Waals surface area (Å²) in [6.07, 6.45) is 0. The number of nitrogen functional groups attached to an aromatic ring is 1. The zero-order valence-electron chi connectivity index (χ0n) is 10.2. The van der Waals surface area contributed by atoms with Crippen molar-refractivity contribution >= 4 is 17.3 Å². The van der Waals surface area contributed by atoms with Gasteiger partial charge >= 0.3 is 0 Å². The fraction of sp³-hybridized carbons (Fsp3) is 0.538. The molecule has 98 valence electrons. The van der Waals surface area contributed by atoms with Crippen LogP contribution in [0, 0.1) is 5.41 Å². The van der Waals surface area contributed by atoms with Crippen molar-refractivity contribution in [3.05, 3.63) is 23.2 Å². The predicted molar refractivity (Wildman–Crippen MR) is 71.1 cm³/mol. The highest BCUT2D eigenvalue weighted by Crippen LogP contribution is 2.37. The number of nitrogens with zero attached hydrogens (tertiary/aromatic N) is 1. The van der Waals surface area contributed by atoms with Crippen LogP contribution in [0.5, 0.6) is 5.75 Å². The molecule has 2 saturated heterocycles. The van der Waals surface area contributed by atoms with Crippen LogP contribution in [0.15, 0.2) is 18.2 Å². The van der Waals surface area contributed by atoms with Crippen LogP contribution in [0.25, 0.3) is 0 Å². The fourth-order valence-corrected chi connectivity index (χ4v) is 2.80.